The molecule has 0 aliphatic heterocycles. The molecule has 1 unspecified atom stereocenters. The molecule has 1 aromatic heterocycles. The number of carbonyl (C=O) groups excluding carboxylic acids is 1. The number of hydrogen-bond donors (Lipinski definition) is 2. The van der Waals surface area contributed by atoms with Crippen LogP contribution in [0.15, 0.2) is 30.5 Å². The molecule has 0 spiro atoms. The number of aryl methyl sites for hydroxylation is 1. The zero-order chi connectivity index (χ0) is 13.8. The Labute approximate surface area is 113 Å². The average Bonchev–Trinajstić information content (AvgIpc) is 2.42. The Morgan fingerprint density at radius 3 is 2.95 bits per heavy atom. The molecule has 0 saturated carbocycles. The van der Waals surface area contributed by atoms with Crippen molar-refractivity contribution in [1.29, 1.82) is 0 Å². The topological polar surface area (TPSA) is 68.0 Å². The van der Waals surface area contributed by atoms with Gasteiger partial charge in [-0.3, -0.25) is 9.78 Å². The summed E-state index contributed by atoms with van der Waals surface area (Å²) < 4.78 is 0. The highest BCUT2D eigenvalue weighted by Gasteiger charge is 2.10. The van der Waals surface area contributed by atoms with Crippen LogP contribution in [0.25, 0.3) is 10.9 Å². The largest absolute Gasteiger partial charge is 0.330 e. The van der Waals surface area contributed by atoms with Gasteiger partial charge in [-0.05, 0) is 43.1 Å². The number of anilines is 1. The van der Waals surface area contributed by atoms with Gasteiger partial charge in [0.15, 0.2) is 0 Å². The maximum absolute atomic E-state index is 11.9. The molecule has 100 valence electrons. The van der Waals surface area contributed by atoms with E-state index in [-0.39, 0.29) is 11.8 Å². The van der Waals surface area contributed by atoms with E-state index in [0.717, 1.165) is 22.2 Å². The van der Waals surface area contributed by atoms with Gasteiger partial charge in [-0.25, -0.2) is 0 Å². The fourth-order valence-electron chi connectivity index (χ4n) is 2.02. The molecule has 1 atom stereocenters. The number of fused-ring (bicyclic) bond motifs is 1. The summed E-state index contributed by atoms with van der Waals surface area (Å²) >= 11 is 0. The van der Waals surface area contributed by atoms with Crippen LogP contribution < -0.4 is 11.1 Å². The molecule has 2 aromatic rings. The van der Waals surface area contributed by atoms with E-state index in [2.05, 4.69) is 10.3 Å². The second-order valence-corrected chi connectivity index (χ2v) is 4.92. The highest BCUT2D eigenvalue weighted by atomic mass is 16.1. The van der Waals surface area contributed by atoms with Crippen molar-refractivity contribution < 1.29 is 4.79 Å². The number of aromatic nitrogens is 1. The Kier molecular flexibility index (Phi) is 4.12. The van der Waals surface area contributed by atoms with Crippen molar-refractivity contribution in [3.63, 3.8) is 0 Å². The molecule has 1 amide bonds. The predicted octanol–water partition coefficient (Wildman–Crippen LogP) is 2.47. The fraction of sp³-hybridized carbons (Fsp3) is 0.333. The Morgan fingerprint density at radius 2 is 2.21 bits per heavy atom. The summed E-state index contributed by atoms with van der Waals surface area (Å²) in [6.45, 7) is 4.50. The van der Waals surface area contributed by atoms with Crippen molar-refractivity contribution in [1.82, 2.24) is 4.98 Å². The summed E-state index contributed by atoms with van der Waals surface area (Å²) in [5.41, 5.74) is 8.37. The molecule has 4 heteroatoms. The molecule has 1 heterocycles. The minimum atomic E-state index is -0.00745. The Balaban J connectivity index is 2.26. The first-order valence-corrected chi connectivity index (χ1v) is 6.46. The molecule has 2 rings (SSSR count). The third-order valence-corrected chi connectivity index (χ3v) is 3.18. The van der Waals surface area contributed by atoms with E-state index in [1.54, 1.807) is 6.20 Å². The van der Waals surface area contributed by atoms with E-state index in [4.69, 9.17) is 5.73 Å². The van der Waals surface area contributed by atoms with Gasteiger partial charge in [0.25, 0.3) is 0 Å². The SMILES string of the molecule is Cc1ccc(NC(=O)CC(C)CN)c2cccnc12. The number of nitrogens with one attached hydrogen (secondary N) is 1. The molecule has 0 aliphatic carbocycles. The number of rotatable bonds is 4. The summed E-state index contributed by atoms with van der Waals surface area (Å²) in [4.78, 5) is 16.3. The van der Waals surface area contributed by atoms with Gasteiger partial charge in [0, 0.05) is 18.0 Å². The van der Waals surface area contributed by atoms with Crippen LogP contribution in [0, 0.1) is 12.8 Å². The van der Waals surface area contributed by atoms with Gasteiger partial charge in [-0.2, -0.15) is 0 Å². The number of carbonyl (C=O) groups is 1. The summed E-state index contributed by atoms with van der Waals surface area (Å²) in [7, 11) is 0. The van der Waals surface area contributed by atoms with Crippen LogP contribution in [0.1, 0.15) is 18.9 Å². The highest BCUT2D eigenvalue weighted by molar-refractivity contribution is 6.01. The molecule has 4 nitrogen and oxygen atoms in total. The molecule has 0 aliphatic rings. The predicted molar refractivity (Wildman–Crippen MR) is 77.9 cm³/mol. The monoisotopic (exact) mass is 257 g/mol. The molecular formula is C15H19N3O. The van der Waals surface area contributed by atoms with Crippen LogP contribution in [-0.2, 0) is 4.79 Å². The first-order chi connectivity index (χ1) is 9.11. The lowest BCUT2D eigenvalue weighted by molar-refractivity contribution is -0.116. The Morgan fingerprint density at radius 1 is 1.42 bits per heavy atom. The van der Waals surface area contributed by atoms with Crippen LogP contribution in [-0.4, -0.2) is 17.4 Å². The third kappa shape index (κ3) is 3.09. The second kappa shape index (κ2) is 5.80. The van der Waals surface area contributed by atoms with Crippen molar-refractivity contribution in [2.75, 3.05) is 11.9 Å². The van der Waals surface area contributed by atoms with E-state index < -0.39 is 0 Å². The van der Waals surface area contributed by atoms with E-state index >= 15 is 0 Å². The lowest BCUT2D eigenvalue weighted by Crippen LogP contribution is -2.20. The molecule has 0 bridgehead atoms. The number of benzene rings is 1. The Hall–Kier alpha value is -1.94. The van der Waals surface area contributed by atoms with Crippen LogP contribution >= 0.6 is 0 Å². The van der Waals surface area contributed by atoms with Gasteiger partial charge >= 0.3 is 0 Å². The van der Waals surface area contributed by atoms with E-state index in [1.165, 1.54) is 0 Å². The smallest absolute Gasteiger partial charge is 0.224 e. The van der Waals surface area contributed by atoms with Gasteiger partial charge in [0.05, 0.1) is 11.2 Å². The zero-order valence-electron chi connectivity index (χ0n) is 11.3. The van der Waals surface area contributed by atoms with Gasteiger partial charge in [-0.15, -0.1) is 0 Å². The summed E-state index contributed by atoms with van der Waals surface area (Å²) in [6, 6.07) is 7.74. The van der Waals surface area contributed by atoms with Crippen molar-refractivity contribution >= 4 is 22.5 Å². The minimum absolute atomic E-state index is 0.00745. The highest BCUT2D eigenvalue weighted by Crippen LogP contribution is 2.24. The Bertz CT molecular complexity index is 595. The normalized spacial score (nSPS) is 12.4. The molecule has 0 radical (unpaired) electrons. The number of amides is 1. The minimum Gasteiger partial charge on any atom is -0.330 e. The lowest BCUT2D eigenvalue weighted by atomic mass is 10.1. The molecule has 1 aromatic carbocycles. The molecule has 3 N–H and O–H groups in total. The molecule has 0 fully saturated rings. The zero-order valence-corrected chi connectivity index (χ0v) is 11.3. The summed E-state index contributed by atoms with van der Waals surface area (Å²) in [5.74, 6) is 0.182. The third-order valence-electron chi connectivity index (χ3n) is 3.18. The average molecular weight is 257 g/mol. The summed E-state index contributed by atoms with van der Waals surface area (Å²) in [5, 5.41) is 3.91. The van der Waals surface area contributed by atoms with Crippen molar-refractivity contribution in [2.24, 2.45) is 11.7 Å². The quantitative estimate of drug-likeness (QED) is 0.884. The van der Waals surface area contributed by atoms with E-state index in [0.29, 0.717) is 13.0 Å². The number of nitrogens with two attached hydrogens (primary N) is 1. The lowest BCUT2D eigenvalue weighted by Gasteiger charge is -2.12. The van der Waals surface area contributed by atoms with Crippen molar-refractivity contribution in [3.05, 3.63) is 36.0 Å². The van der Waals surface area contributed by atoms with Crippen LogP contribution in [0.3, 0.4) is 0 Å². The maximum atomic E-state index is 11.9. The number of nitrogens with zero attached hydrogens (tertiary/aromatic N) is 1. The van der Waals surface area contributed by atoms with Gasteiger partial charge in [-0.1, -0.05) is 13.0 Å². The molecule has 19 heavy (non-hydrogen) atoms. The first-order valence-electron chi connectivity index (χ1n) is 6.46. The number of pyridine rings is 1. The fourth-order valence-corrected chi connectivity index (χ4v) is 2.02. The summed E-state index contributed by atoms with van der Waals surface area (Å²) in [6.07, 6.45) is 2.20. The second-order valence-electron chi connectivity index (χ2n) is 4.92. The molecular weight excluding hydrogens is 238 g/mol. The maximum Gasteiger partial charge on any atom is 0.224 e. The number of hydrogen-bond acceptors (Lipinski definition) is 3. The van der Waals surface area contributed by atoms with Gasteiger partial charge in [0.1, 0.15) is 0 Å². The van der Waals surface area contributed by atoms with Gasteiger partial charge in [0.2, 0.25) is 5.91 Å². The van der Waals surface area contributed by atoms with Crippen LogP contribution in [0.5, 0.6) is 0 Å². The van der Waals surface area contributed by atoms with Crippen molar-refractivity contribution in [3.8, 4) is 0 Å². The van der Waals surface area contributed by atoms with Gasteiger partial charge < -0.3 is 11.1 Å². The van der Waals surface area contributed by atoms with Crippen molar-refractivity contribution in [2.45, 2.75) is 20.3 Å². The van der Waals surface area contributed by atoms with E-state index in [1.807, 2.05) is 38.1 Å². The first kappa shape index (κ1) is 13.5. The van der Waals surface area contributed by atoms with Crippen LogP contribution in [0.2, 0.25) is 0 Å². The van der Waals surface area contributed by atoms with E-state index in [9.17, 15) is 4.79 Å². The molecule has 0 saturated heterocycles. The standard InChI is InChI=1S/C15H19N3O/c1-10(9-16)8-14(19)18-13-6-5-11(2)15-12(13)4-3-7-17-15/h3-7,10H,8-9,16H2,1-2H3,(H,18,19). The van der Waals surface area contributed by atoms with Crippen LogP contribution in [0.4, 0.5) is 5.69 Å².